The molecule has 2 rings (SSSR count). The molecule has 0 radical (unpaired) electrons. The minimum atomic E-state index is -0.251. The highest BCUT2D eigenvalue weighted by Crippen LogP contribution is 2.24. The van der Waals surface area contributed by atoms with Crippen LogP contribution in [0.5, 0.6) is 0 Å². The van der Waals surface area contributed by atoms with Gasteiger partial charge in [-0.3, -0.25) is 0 Å². The van der Waals surface area contributed by atoms with Gasteiger partial charge in [0.1, 0.15) is 5.82 Å². The van der Waals surface area contributed by atoms with Gasteiger partial charge < -0.3 is 5.73 Å². The van der Waals surface area contributed by atoms with Gasteiger partial charge >= 0.3 is 0 Å². The summed E-state index contributed by atoms with van der Waals surface area (Å²) in [6.07, 6.45) is 0. The molecule has 2 N–H and O–H groups in total. The zero-order valence-electron chi connectivity index (χ0n) is 9.64. The van der Waals surface area contributed by atoms with E-state index in [1.54, 1.807) is 17.8 Å². The Hall–Kier alpha value is -1.03. The maximum atomic E-state index is 13.1. The van der Waals surface area contributed by atoms with E-state index in [0.29, 0.717) is 10.8 Å². The van der Waals surface area contributed by atoms with Crippen LogP contribution in [0.3, 0.4) is 0 Å². The zero-order valence-corrected chi connectivity index (χ0v) is 11.2. The number of benzene rings is 2. The molecule has 0 saturated heterocycles. The van der Waals surface area contributed by atoms with Crippen molar-refractivity contribution in [3.8, 4) is 0 Å². The van der Waals surface area contributed by atoms with Crippen LogP contribution in [0.1, 0.15) is 11.6 Å². The van der Waals surface area contributed by atoms with Crippen molar-refractivity contribution in [2.45, 2.75) is 10.9 Å². The molecule has 0 fully saturated rings. The molecule has 0 aliphatic carbocycles. The number of rotatable bonds is 4. The van der Waals surface area contributed by atoms with Gasteiger partial charge in [0, 0.05) is 21.7 Å². The van der Waals surface area contributed by atoms with E-state index in [1.807, 2.05) is 30.3 Å². The highest BCUT2D eigenvalue weighted by molar-refractivity contribution is 7.99. The van der Waals surface area contributed by atoms with Crippen LogP contribution in [0.4, 0.5) is 4.39 Å². The lowest BCUT2D eigenvalue weighted by Crippen LogP contribution is -2.13. The molecule has 4 heteroatoms. The Morgan fingerprint density at radius 3 is 2.56 bits per heavy atom. The van der Waals surface area contributed by atoms with Crippen LogP contribution in [0.15, 0.2) is 53.4 Å². The first kappa shape index (κ1) is 13.4. The number of halogens is 2. The van der Waals surface area contributed by atoms with Crippen LogP contribution in [-0.2, 0) is 0 Å². The number of nitrogens with two attached hydrogens (primary N) is 1. The fourth-order valence-electron chi connectivity index (χ4n) is 1.55. The van der Waals surface area contributed by atoms with Crippen LogP contribution in [0.2, 0.25) is 5.02 Å². The molecule has 0 aliphatic rings. The van der Waals surface area contributed by atoms with Gasteiger partial charge in [0.2, 0.25) is 0 Å². The Morgan fingerprint density at radius 1 is 1.17 bits per heavy atom. The van der Waals surface area contributed by atoms with Crippen molar-refractivity contribution in [3.05, 3.63) is 64.9 Å². The second-order valence-corrected chi connectivity index (χ2v) is 5.46. The smallest absolute Gasteiger partial charge is 0.123 e. The highest BCUT2D eigenvalue weighted by atomic mass is 35.5. The fourth-order valence-corrected chi connectivity index (χ4v) is 2.57. The van der Waals surface area contributed by atoms with Crippen molar-refractivity contribution in [2.75, 3.05) is 5.75 Å². The van der Waals surface area contributed by atoms with Gasteiger partial charge in [0.05, 0.1) is 0 Å². The van der Waals surface area contributed by atoms with E-state index in [4.69, 9.17) is 17.3 Å². The summed E-state index contributed by atoms with van der Waals surface area (Å²) in [5, 5.41) is 0.716. The van der Waals surface area contributed by atoms with Crippen LogP contribution in [0.25, 0.3) is 0 Å². The molecule has 0 amide bonds. The summed E-state index contributed by atoms with van der Waals surface area (Å²) < 4.78 is 13.1. The Labute approximate surface area is 115 Å². The molecule has 18 heavy (non-hydrogen) atoms. The maximum absolute atomic E-state index is 13.1. The van der Waals surface area contributed by atoms with E-state index < -0.39 is 0 Å². The van der Waals surface area contributed by atoms with E-state index in [1.165, 1.54) is 12.1 Å². The minimum Gasteiger partial charge on any atom is -0.323 e. The zero-order chi connectivity index (χ0) is 13.0. The molecule has 0 bridgehead atoms. The van der Waals surface area contributed by atoms with E-state index in [-0.39, 0.29) is 11.9 Å². The van der Waals surface area contributed by atoms with Gasteiger partial charge in [-0.15, -0.1) is 11.8 Å². The third kappa shape index (κ3) is 3.73. The summed E-state index contributed by atoms with van der Waals surface area (Å²) in [6.45, 7) is 0. The normalized spacial score (nSPS) is 12.4. The van der Waals surface area contributed by atoms with Crippen molar-refractivity contribution >= 4 is 23.4 Å². The van der Waals surface area contributed by atoms with Gasteiger partial charge in [-0.1, -0.05) is 23.7 Å². The third-order valence-corrected chi connectivity index (χ3v) is 3.90. The van der Waals surface area contributed by atoms with Crippen molar-refractivity contribution in [2.24, 2.45) is 5.73 Å². The Balaban J connectivity index is 1.96. The quantitative estimate of drug-likeness (QED) is 0.847. The van der Waals surface area contributed by atoms with Gasteiger partial charge in [0.15, 0.2) is 0 Å². The second kappa shape index (κ2) is 6.23. The second-order valence-electron chi connectivity index (χ2n) is 3.93. The van der Waals surface area contributed by atoms with Gasteiger partial charge in [-0.05, 0) is 42.0 Å². The minimum absolute atomic E-state index is 0.179. The van der Waals surface area contributed by atoms with Crippen LogP contribution >= 0.6 is 23.4 Å². The molecular weight excluding hydrogens is 269 g/mol. The largest absolute Gasteiger partial charge is 0.323 e. The predicted molar refractivity (Wildman–Crippen MR) is 75.5 cm³/mol. The molecule has 2 aromatic rings. The van der Waals surface area contributed by atoms with Crippen molar-refractivity contribution < 1.29 is 4.39 Å². The average Bonchev–Trinajstić information content (AvgIpc) is 2.38. The summed E-state index contributed by atoms with van der Waals surface area (Å²) in [5.41, 5.74) is 6.84. The number of hydrogen-bond donors (Lipinski definition) is 1. The van der Waals surface area contributed by atoms with Crippen LogP contribution in [0, 0.1) is 5.82 Å². The Morgan fingerprint density at radius 2 is 1.89 bits per heavy atom. The summed E-state index contributed by atoms with van der Waals surface area (Å²) >= 11 is 7.44. The van der Waals surface area contributed by atoms with E-state index >= 15 is 0 Å². The lowest BCUT2D eigenvalue weighted by atomic mass is 10.1. The molecule has 0 aliphatic heterocycles. The Bertz CT molecular complexity index is 515. The van der Waals surface area contributed by atoms with Gasteiger partial charge in [-0.2, -0.15) is 0 Å². The molecule has 0 saturated carbocycles. The average molecular weight is 282 g/mol. The monoisotopic (exact) mass is 281 g/mol. The molecule has 0 aromatic heterocycles. The lowest BCUT2D eigenvalue weighted by molar-refractivity contribution is 0.622. The van der Waals surface area contributed by atoms with Gasteiger partial charge in [0.25, 0.3) is 0 Å². The SMILES string of the molecule is NC(CSc1ccc(Cl)cc1)c1cccc(F)c1. The van der Waals surface area contributed by atoms with Crippen molar-refractivity contribution in [3.63, 3.8) is 0 Å². The van der Waals surface area contributed by atoms with Gasteiger partial charge in [-0.25, -0.2) is 4.39 Å². The van der Waals surface area contributed by atoms with Crippen molar-refractivity contribution in [1.82, 2.24) is 0 Å². The first-order valence-electron chi connectivity index (χ1n) is 5.54. The summed E-state index contributed by atoms with van der Waals surface area (Å²) in [4.78, 5) is 1.10. The van der Waals surface area contributed by atoms with Crippen LogP contribution in [-0.4, -0.2) is 5.75 Å². The number of hydrogen-bond acceptors (Lipinski definition) is 2. The predicted octanol–water partition coefficient (Wildman–Crippen LogP) is 4.27. The van der Waals surface area contributed by atoms with E-state index in [0.717, 1.165) is 10.5 Å². The highest BCUT2D eigenvalue weighted by Gasteiger charge is 2.07. The lowest BCUT2D eigenvalue weighted by Gasteiger charge is -2.11. The first-order valence-corrected chi connectivity index (χ1v) is 6.91. The molecule has 2 aromatic carbocycles. The summed E-state index contributed by atoms with van der Waals surface area (Å²) in [7, 11) is 0. The maximum Gasteiger partial charge on any atom is 0.123 e. The molecule has 94 valence electrons. The molecule has 0 spiro atoms. The molecule has 1 atom stereocenters. The first-order chi connectivity index (χ1) is 8.65. The standard InChI is InChI=1S/C14H13ClFNS/c15-11-4-6-13(7-5-11)18-9-14(17)10-2-1-3-12(16)8-10/h1-8,14H,9,17H2. The van der Waals surface area contributed by atoms with Crippen LogP contribution < -0.4 is 5.73 Å². The van der Waals surface area contributed by atoms with E-state index in [2.05, 4.69) is 0 Å². The summed E-state index contributed by atoms with van der Waals surface area (Å²) in [5.74, 6) is 0.449. The van der Waals surface area contributed by atoms with Crippen molar-refractivity contribution in [1.29, 1.82) is 0 Å². The Kier molecular flexibility index (Phi) is 4.64. The summed E-state index contributed by atoms with van der Waals surface area (Å²) in [6, 6.07) is 13.8. The van der Waals surface area contributed by atoms with E-state index in [9.17, 15) is 4.39 Å². The molecule has 1 nitrogen and oxygen atoms in total. The fraction of sp³-hybridized carbons (Fsp3) is 0.143. The number of thioether (sulfide) groups is 1. The molecule has 0 heterocycles. The molecular formula is C14H13ClFNS. The molecule has 1 unspecified atom stereocenters. The topological polar surface area (TPSA) is 26.0 Å². The third-order valence-electron chi connectivity index (χ3n) is 2.52.